The van der Waals surface area contributed by atoms with Crippen molar-refractivity contribution >= 4 is 33.6 Å². The van der Waals surface area contributed by atoms with Gasteiger partial charge in [0.05, 0.1) is 12.9 Å². The van der Waals surface area contributed by atoms with E-state index in [-0.39, 0.29) is 5.91 Å². The van der Waals surface area contributed by atoms with Gasteiger partial charge < -0.3 is 10.1 Å². The summed E-state index contributed by atoms with van der Waals surface area (Å²) >= 11 is 4.99. The molecule has 2 aromatic rings. The number of halogens is 1. The number of carbonyl (C=O) groups excluding carboxylic acids is 1. The summed E-state index contributed by atoms with van der Waals surface area (Å²) in [5.41, 5.74) is 1.05. The number of benzene rings is 2. The zero-order valence-electron chi connectivity index (χ0n) is 11.6. The molecule has 0 aliphatic carbocycles. The van der Waals surface area contributed by atoms with Gasteiger partial charge in [-0.05, 0) is 45.8 Å². The van der Waals surface area contributed by atoms with Gasteiger partial charge >= 0.3 is 0 Å². The van der Waals surface area contributed by atoms with Crippen LogP contribution in [0.2, 0.25) is 0 Å². The first-order chi connectivity index (χ1) is 10.2. The van der Waals surface area contributed by atoms with Crippen molar-refractivity contribution < 1.29 is 9.53 Å². The van der Waals surface area contributed by atoms with Crippen LogP contribution in [0.4, 0.5) is 0 Å². The van der Waals surface area contributed by atoms with Crippen molar-refractivity contribution in [2.45, 2.75) is 11.4 Å². The number of thioether (sulfide) groups is 1. The van der Waals surface area contributed by atoms with Crippen molar-refractivity contribution in [3.05, 3.63) is 58.6 Å². The Hall–Kier alpha value is -1.46. The van der Waals surface area contributed by atoms with Crippen LogP contribution in [0, 0.1) is 0 Å². The molecule has 0 aliphatic heterocycles. The van der Waals surface area contributed by atoms with Crippen LogP contribution in [0.1, 0.15) is 5.56 Å². The lowest BCUT2D eigenvalue weighted by atomic mass is 10.2. The Morgan fingerprint density at radius 2 is 1.90 bits per heavy atom. The Bertz CT molecular complexity index is 601. The van der Waals surface area contributed by atoms with Crippen molar-refractivity contribution in [2.24, 2.45) is 0 Å². The molecule has 0 aromatic heterocycles. The van der Waals surface area contributed by atoms with E-state index in [1.54, 1.807) is 7.11 Å². The fourth-order valence-electron chi connectivity index (χ4n) is 1.70. The van der Waals surface area contributed by atoms with Crippen molar-refractivity contribution in [3.63, 3.8) is 0 Å². The van der Waals surface area contributed by atoms with Gasteiger partial charge in [0.1, 0.15) is 5.75 Å². The monoisotopic (exact) mass is 365 g/mol. The third kappa shape index (κ3) is 5.10. The van der Waals surface area contributed by atoms with Gasteiger partial charge in [0.15, 0.2) is 0 Å². The molecule has 0 saturated carbocycles. The standard InChI is InChI=1S/C16H16BrNO2S/c1-20-13-8-6-12(7-9-13)10-18-16(19)11-21-15-5-3-2-4-14(15)17/h2-9H,10-11H2,1H3,(H,18,19). The van der Waals surface area contributed by atoms with Crippen LogP contribution < -0.4 is 10.1 Å². The van der Waals surface area contributed by atoms with Gasteiger partial charge in [0.2, 0.25) is 5.91 Å². The van der Waals surface area contributed by atoms with Crippen LogP contribution >= 0.6 is 27.7 Å². The topological polar surface area (TPSA) is 38.3 Å². The second kappa shape index (κ2) is 8.10. The Morgan fingerprint density at radius 3 is 2.57 bits per heavy atom. The second-order valence-electron chi connectivity index (χ2n) is 4.34. The first kappa shape index (κ1) is 15.9. The fraction of sp³-hybridized carbons (Fsp3) is 0.188. The van der Waals surface area contributed by atoms with Crippen LogP contribution in [0.3, 0.4) is 0 Å². The van der Waals surface area contributed by atoms with Crippen LogP contribution in [0.5, 0.6) is 5.75 Å². The maximum Gasteiger partial charge on any atom is 0.230 e. The first-order valence-electron chi connectivity index (χ1n) is 6.46. The van der Waals surface area contributed by atoms with E-state index in [1.807, 2.05) is 48.5 Å². The number of hydrogen-bond acceptors (Lipinski definition) is 3. The molecule has 0 aliphatic rings. The third-order valence-electron chi connectivity index (χ3n) is 2.84. The van der Waals surface area contributed by atoms with Crippen molar-refractivity contribution in [1.82, 2.24) is 5.32 Å². The summed E-state index contributed by atoms with van der Waals surface area (Å²) in [5, 5.41) is 2.91. The number of nitrogens with one attached hydrogen (secondary N) is 1. The zero-order valence-corrected chi connectivity index (χ0v) is 14.0. The predicted octanol–water partition coefficient (Wildman–Crippen LogP) is 3.87. The van der Waals surface area contributed by atoms with E-state index in [0.717, 1.165) is 20.7 Å². The van der Waals surface area contributed by atoms with Crippen LogP contribution in [0.25, 0.3) is 0 Å². The van der Waals surface area contributed by atoms with Gasteiger partial charge in [-0.1, -0.05) is 24.3 Å². The van der Waals surface area contributed by atoms with Crippen molar-refractivity contribution in [3.8, 4) is 5.75 Å². The highest BCUT2D eigenvalue weighted by atomic mass is 79.9. The predicted molar refractivity (Wildman–Crippen MR) is 89.7 cm³/mol. The largest absolute Gasteiger partial charge is 0.497 e. The lowest BCUT2D eigenvalue weighted by molar-refractivity contribution is -0.118. The SMILES string of the molecule is COc1ccc(CNC(=O)CSc2ccccc2Br)cc1. The minimum Gasteiger partial charge on any atom is -0.497 e. The van der Waals surface area contributed by atoms with Gasteiger partial charge in [-0.25, -0.2) is 0 Å². The number of rotatable bonds is 6. The molecular weight excluding hydrogens is 350 g/mol. The molecule has 110 valence electrons. The maximum atomic E-state index is 11.9. The van der Waals surface area contributed by atoms with Gasteiger partial charge in [0, 0.05) is 15.9 Å². The third-order valence-corrected chi connectivity index (χ3v) is 4.87. The van der Waals surface area contributed by atoms with Gasteiger partial charge in [-0.15, -0.1) is 11.8 Å². The molecule has 0 spiro atoms. The summed E-state index contributed by atoms with van der Waals surface area (Å²) in [4.78, 5) is 12.9. The van der Waals surface area contributed by atoms with E-state index in [0.29, 0.717) is 12.3 Å². The highest BCUT2D eigenvalue weighted by Crippen LogP contribution is 2.26. The van der Waals surface area contributed by atoms with E-state index in [1.165, 1.54) is 11.8 Å². The quantitative estimate of drug-likeness (QED) is 0.789. The summed E-state index contributed by atoms with van der Waals surface area (Å²) < 4.78 is 6.11. The molecule has 2 aromatic carbocycles. The first-order valence-corrected chi connectivity index (χ1v) is 8.24. The normalized spacial score (nSPS) is 10.2. The van der Waals surface area contributed by atoms with Crippen molar-refractivity contribution in [1.29, 1.82) is 0 Å². The summed E-state index contributed by atoms with van der Waals surface area (Å²) in [6, 6.07) is 15.5. The van der Waals surface area contributed by atoms with E-state index < -0.39 is 0 Å². The summed E-state index contributed by atoms with van der Waals surface area (Å²) in [7, 11) is 1.63. The van der Waals surface area contributed by atoms with Crippen LogP contribution in [-0.4, -0.2) is 18.8 Å². The molecule has 2 rings (SSSR count). The van der Waals surface area contributed by atoms with E-state index in [2.05, 4.69) is 21.2 Å². The smallest absolute Gasteiger partial charge is 0.230 e. The molecule has 0 unspecified atom stereocenters. The Labute approximate surface area is 137 Å². The van der Waals surface area contributed by atoms with Gasteiger partial charge in [-0.3, -0.25) is 4.79 Å². The fourth-order valence-corrected chi connectivity index (χ4v) is 3.10. The highest BCUT2D eigenvalue weighted by molar-refractivity contribution is 9.10. The summed E-state index contributed by atoms with van der Waals surface area (Å²) in [6.45, 7) is 0.527. The molecule has 1 amide bonds. The number of ether oxygens (including phenoxy) is 1. The minimum atomic E-state index is 0.0200. The molecule has 0 atom stereocenters. The average Bonchev–Trinajstić information content (AvgIpc) is 2.52. The van der Waals surface area contributed by atoms with Crippen molar-refractivity contribution in [2.75, 3.05) is 12.9 Å². The number of hydrogen-bond donors (Lipinski definition) is 1. The lowest BCUT2D eigenvalue weighted by Crippen LogP contribution is -2.24. The van der Waals surface area contributed by atoms with Gasteiger partial charge in [-0.2, -0.15) is 0 Å². The summed E-state index contributed by atoms with van der Waals surface area (Å²) in [5.74, 6) is 1.24. The molecule has 0 radical (unpaired) electrons. The van der Waals surface area contributed by atoms with Crippen LogP contribution in [-0.2, 0) is 11.3 Å². The number of methoxy groups -OCH3 is 1. The van der Waals surface area contributed by atoms with Gasteiger partial charge in [0.25, 0.3) is 0 Å². The molecule has 0 fully saturated rings. The maximum absolute atomic E-state index is 11.9. The van der Waals surface area contributed by atoms with E-state index in [9.17, 15) is 4.79 Å². The zero-order chi connectivity index (χ0) is 15.1. The molecule has 5 heteroatoms. The molecular formula is C16H16BrNO2S. The summed E-state index contributed by atoms with van der Waals surface area (Å²) in [6.07, 6.45) is 0. The molecule has 0 heterocycles. The molecule has 21 heavy (non-hydrogen) atoms. The number of amides is 1. The van der Waals surface area contributed by atoms with Crippen LogP contribution in [0.15, 0.2) is 57.9 Å². The molecule has 0 bridgehead atoms. The number of carbonyl (C=O) groups is 1. The Kier molecular flexibility index (Phi) is 6.14. The lowest BCUT2D eigenvalue weighted by Gasteiger charge is -2.07. The second-order valence-corrected chi connectivity index (χ2v) is 6.22. The Balaban J connectivity index is 1.78. The van der Waals surface area contributed by atoms with E-state index in [4.69, 9.17) is 4.74 Å². The molecule has 0 saturated heterocycles. The molecule has 1 N–H and O–H groups in total. The average molecular weight is 366 g/mol. The van der Waals surface area contributed by atoms with E-state index >= 15 is 0 Å². The Morgan fingerprint density at radius 1 is 1.19 bits per heavy atom. The highest BCUT2D eigenvalue weighted by Gasteiger charge is 2.05. The molecule has 3 nitrogen and oxygen atoms in total. The minimum absolute atomic E-state index is 0.0200.